The van der Waals surface area contributed by atoms with Gasteiger partial charge in [0.05, 0.1) is 17.7 Å². The maximum absolute atomic E-state index is 13.3. The summed E-state index contributed by atoms with van der Waals surface area (Å²) in [6.07, 6.45) is 1.54. The van der Waals surface area contributed by atoms with Crippen molar-refractivity contribution in [3.8, 4) is 0 Å². The summed E-state index contributed by atoms with van der Waals surface area (Å²) in [5.41, 5.74) is 4.65. The van der Waals surface area contributed by atoms with Crippen molar-refractivity contribution in [1.29, 1.82) is 0 Å². The highest BCUT2D eigenvalue weighted by Crippen LogP contribution is 2.20. The minimum Gasteiger partial charge on any atom is -0.326 e. The maximum Gasteiger partial charge on any atom is 0.255 e. The second-order valence-electron chi connectivity index (χ2n) is 7.23. The molecule has 0 radical (unpaired) electrons. The highest BCUT2D eigenvalue weighted by atomic mass is 32.2. The van der Waals surface area contributed by atoms with Crippen LogP contribution in [-0.4, -0.2) is 37.3 Å². The third-order valence-corrected chi connectivity index (χ3v) is 7.37. The van der Waals surface area contributed by atoms with E-state index in [1.54, 1.807) is 24.3 Å². The fourth-order valence-electron chi connectivity index (χ4n) is 2.95. The van der Waals surface area contributed by atoms with E-state index in [1.165, 1.54) is 48.7 Å². The Balaban J connectivity index is 1.79. The lowest BCUT2D eigenvalue weighted by molar-refractivity contribution is -0.121. The molecule has 33 heavy (non-hydrogen) atoms. The van der Waals surface area contributed by atoms with Crippen LogP contribution in [0.4, 0.5) is 5.69 Å². The van der Waals surface area contributed by atoms with E-state index in [0.717, 1.165) is 20.3 Å². The molecule has 0 saturated carbocycles. The van der Waals surface area contributed by atoms with Gasteiger partial charge >= 0.3 is 0 Å². The van der Waals surface area contributed by atoms with E-state index < -0.39 is 22.5 Å². The fourth-order valence-corrected chi connectivity index (χ4v) is 5.12. The Bertz CT molecular complexity index is 1240. The molecule has 0 unspecified atom stereocenters. The first-order chi connectivity index (χ1) is 15.8. The first kappa shape index (κ1) is 24.3. The zero-order valence-corrected chi connectivity index (χ0v) is 19.8. The van der Waals surface area contributed by atoms with Gasteiger partial charge in [0.15, 0.2) is 0 Å². The number of carbonyl (C=O) groups excluding carboxylic acids is 2. The first-order valence-corrected chi connectivity index (χ1v) is 12.4. The van der Waals surface area contributed by atoms with E-state index in [9.17, 15) is 18.0 Å². The molecule has 0 fully saturated rings. The smallest absolute Gasteiger partial charge is 0.255 e. The summed E-state index contributed by atoms with van der Waals surface area (Å²) >= 11 is 1.49. The van der Waals surface area contributed by atoms with Crippen LogP contribution in [0.25, 0.3) is 0 Å². The van der Waals surface area contributed by atoms with Crippen molar-refractivity contribution in [2.45, 2.75) is 25.3 Å². The van der Waals surface area contributed by atoms with Crippen LogP contribution in [0.15, 0.2) is 76.0 Å². The van der Waals surface area contributed by atoms with Gasteiger partial charge in [-0.05, 0) is 53.8 Å². The lowest BCUT2D eigenvalue weighted by Crippen LogP contribution is -2.39. The van der Waals surface area contributed by atoms with Gasteiger partial charge in [-0.1, -0.05) is 30.3 Å². The average Bonchev–Trinajstić information content (AvgIpc) is 3.18. The first-order valence-electron chi connectivity index (χ1n) is 10.0. The average molecular weight is 485 g/mol. The third-order valence-electron chi connectivity index (χ3n) is 4.61. The summed E-state index contributed by atoms with van der Waals surface area (Å²) < 4.78 is 27.8. The predicted octanol–water partition coefficient (Wildman–Crippen LogP) is 3.36. The Labute approximate surface area is 197 Å². The zero-order valence-electron chi connectivity index (χ0n) is 18.2. The van der Waals surface area contributed by atoms with Gasteiger partial charge < -0.3 is 5.32 Å². The molecule has 0 bridgehead atoms. The van der Waals surface area contributed by atoms with Crippen molar-refractivity contribution in [3.63, 3.8) is 0 Å². The van der Waals surface area contributed by atoms with Crippen molar-refractivity contribution in [1.82, 2.24) is 9.73 Å². The molecule has 3 rings (SSSR count). The normalized spacial score (nSPS) is 11.6. The molecule has 0 spiro atoms. The second kappa shape index (κ2) is 11.0. The molecule has 0 aliphatic heterocycles. The van der Waals surface area contributed by atoms with E-state index in [1.807, 2.05) is 24.4 Å². The zero-order chi connectivity index (χ0) is 23.8. The summed E-state index contributed by atoms with van der Waals surface area (Å²) in [5.74, 6) is -0.818. The Morgan fingerprint density at radius 2 is 1.76 bits per heavy atom. The standard InChI is InChI=1S/C23H24N4O4S2/c1-17-12-13-32-22(17)14-24-26-23(29)16-27(15-19-6-4-3-5-7-19)33(30,31)21-10-8-20(9-11-21)25-18(2)28/h3-14H,15-16H2,1-2H3,(H,25,28)(H,26,29)/b24-14-. The molecule has 0 atom stereocenters. The van der Waals surface area contributed by atoms with Gasteiger partial charge in [0.1, 0.15) is 0 Å². The van der Waals surface area contributed by atoms with Gasteiger partial charge in [-0.2, -0.15) is 9.41 Å². The number of benzene rings is 2. The largest absolute Gasteiger partial charge is 0.326 e. The molecular formula is C23H24N4O4S2. The lowest BCUT2D eigenvalue weighted by atomic mass is 10.2. The van der Waals surface area contributed by atoms with Crippen molar-refractivity contribution in [2.24, 2.45) is 5.10 Å². The van der Waals surface area contributed by atoms with Crippen LogP contribution in [0.2, 0.25) is 0 Å². The number of thiophene rings is 1. The van der Waals surface area contributed by atoms with Crippen LogP contribution in [0, 0.1) is 6.92 Å². The van der Waals surface area contributed by atoms with Gasteiger partial charge in [0.25, 0.3) is 5.91 Å². The molecule has 2 N–H and O–H groups in total. The van der Waals surface area contributed by atoms with E-state index in [-0.39, 0.29) is 17.3 Å². The van der Waals surface area contributed by atoms with Crippen LogP contribution in [0.1, 0.15) is 22.9 Å². The van der Waals surface area contributed by atoms with E-state index >= 15 is 0 Å². The number of sulfonamides is 1. The number of anilines is 1. The predicted molar refractivity (Wildman–Crippen MR) is 130 cm³/mol. The molecule has 10 heteroatoms. The monoisotopic (exact) mass is 484 g/mol. The number of aryl methyl sites for hydroxylation is 1. The van der Waals surface area contributed by atoms with Crippen LogP contribution in [0.3, 0.4) is 0 Å². The molecule has 1 aromatic heterocycles. The number of amides is 2. The molecule has 0 saturated heterocycles. The number of nitrogens with zero attached hydrogens (tertiary/aromatic N) is 2. The SMILES string of the molecule is CC(=O)Nc1ccc(S(=O)(=O)N(CC(=O)N/N=C\c2sccc2C)Cc2ccccc2)cc1. The topological polar surface area (TPSA) is 108 Å². The van der Waals surface area contributed by atoms with Crippen molar-refractivity contribution in [2.75, 3.05) is 11.9 Å². The van der Waals surface area contributed by atoms with Crippen molar-refractivity contribution in [3.05, 3.63) is 82.0 Å². The lowest BCUT2D eigenvalue weighted by Gasteiger charge is -2.21. The number of hydrazone groups is 1. The molecule has 8 nitrogen and oxygen atoms in total. The van der Waals surface area contributed by atoms with E-state index in [4.69, 9.17) is 0 Å². The Kier molecular flexibility index (Phi) is 8.10. The Hall–Kier alpha value is -3.34. The van der Waals surface area contributed by atoms with E-state index in [0.29, 0.717) is 5.69 Å². The van der Waals surface area contributed by atoms with Gasteiger partial charge in [0.2, 0.25) is 15.9 Å². The Morgan fingerprint density at radius 3 is 2.36 bits per heavy atom. The highest BCUT2D eigenvalue weighted by molar-refractivity contribution is 7.89. The molecule has 2 amide bonds. The summed E-state index contributed by atoms with van der Waals surface area (Å²) in [5, 5.41) is 8.47. The summed E-state index contributed by atoms with van der Waals surface area (Å²) in [6, 6.07) is 16.8. The number of hydrogen-bond donors (Lipinski definition) is 2. The minimum atomic E-state index is -4.00. The van der Waals surface area contributed by atoms with Crippen LogP contribution >= 0.6 is 11.3 Å². The molecule has 0 aliphatic carbocycles. The molecule has 172 valence electrons. The van der Waals surface area contributed by atoms with Crippen LogP contribution in [0.5, 0.6) is 0 Å². The van der Waals surface area contributed by atoms with Gasteiger partial charge in [-0.15, -0.1) is 11.3 Å². The van der Waals surface area contributed by atoms with Gasteiger partial charge in [-0.3, -0.25) is 9.59 Å². The van der Waals surface area contributed by atoms with Gasteiger partial charge in [-0.25, -0.2) is 13.8 Å². The summed E-state index contributed by atoms with van der Waals surface area (Å²) in [4.78, 5) is 24.7. The molecule has 0 aliphatic rings. The van der Waals surface area contributed by atoms with E-state index in [2.05, 4.69) is 15.8 Å². The number of nitrogens with one attached hydrogen (secondary N) is 2. The number of rotatable bonds is 9. The fraction of sp³-hybridized carbons (Fsp3) is 0.174. The molecule has 2 aromatic carbocycles. The molecule has 1 heterocycles. The molecular weight excluding hydrogens is 460 g/mol. The summed E-state index contributed by atoms with van der Waals surface area (Å²) in [6.45, 7) is 2.90. The third kappa shape index (κ3) is 6.82. The van der Waals surface area contributed by atoms with Crippen molar-refractivity contribution < 1.29 is 18.0 Å². The van der Waals surface area contributed by atoms with Crippen LogP contribution < -0.4 is 10.7 Å². The number of hydrogen-bond acceptors (Lipinski definition) is 6. The van der Waals surface area contributed by atoms with Crippen LogP contribution in [-0.2, 0) is 26.2 Å². The quantitative estimate of drug-likeness (QED) is 0.359. The highest BCUT2D eigenvalue weighted by Gasteiger charge is 2.27. The van der Waals surface area contributed by atoms with Gasteiger partial charge in [0, 0.05) is 24.0 Å². The molecule has 3 aromatic rings. The second-order valence-corrected chi connectivity index (χ2v) is 10.1. The Morgan fingerprint density at radius 1 is 1.06 bits per heavy atom. The maximum atomic E-state index is 13.3. The summed E-state index contributed by atoms with van der Waals surface area (Å²) in [7, 11) is -4.00. The number of carbonyl (C=O) groups is 2. The van der Waals surface area contributed by atoms with Crippen molar-refractivity contribution >= 4 is 45.1 Å². The minimum absolute atomic E-state index is 0.0117.